The number of hydrogen-bond donors (Lipinski definition) is 2. The molecule has 1 aliphatic rings. The number of carbonyl (C=O) groups is 1. The standard InChI is InChI=1S/C21H42N2O6/c1-20(2,3)28-18(24)9-13-26-15-16-27-14-10-22-17-7-11-23(12-8-17)19(25)29-21(4,5)6/h17-18,22,24H,7-16H2,1-6H3. The first-order valence-corrected chi connectivity index (χ1v) is 10.7. The van der Waals surface area contributed by atoms with Gasteiger partial charge in [-0.25, -0.2) is 4.79 Å². The minimum atomic E-state index is -0.804. The van der Waals surface area contributed by atoms with Crippen LogP contribution in [0.15, 0.2) is 0 Å². The lowest BCUT2D eigenvalue weighted by Gasteiger charge is -2.33. The number of carbonyl (C=O) groups excluding carboxylic acids is 1. The van der Waals surface area contributed by atoms with Crippen LogP contribution < -0.4 is 5.32 Å². The highest BCUT2D eigenvalue weighted by Gasteiger charge is 2.26. The minimum Gasteiger partial charge on any atom is -0.444 e. The van der Waals surface area contributed by atoms with Crippen molar-refractivity contribution in [2.24, 2.45) is 0 Å². The van der Waals surface area contributed by atoms with Crippen LogP contribution in [0.3, 0.4) is 0 Å². The summed E-state index contributed by atoms with van der Waals surface area (Å²) in [5.41, 5.74) is -0.810. The number of ether oxygens (including phenoxy) is 4. The van der Waals surface area contributed by atoms with Gasteiger partial charge < -0.3 is 34.3 Å². The Morgan fingerprint density at radius 2 is 1.59 bits per heavy atom. The fourth-order valence-electron chi connectivity index (χ4n) is 2.90. The van der Waals surface area contributed by atoms with Crippen molar-refractivity contribution >= 4 is 6.09 Å². The van der Waals surface area contributed by atoms with E-state index in [-0.39, 0.29) is 11.7 Å². The molecular weight excluding hydrogens is 376 g/mol. The van der Waals surface area contributed by atoms with Gasteiger partial charge >= 0.3 is 6.09 Å². The molecule has 172 valence electrons. The lowest BCUT2D eigenvalue weighted by atomic mass is 10.1. The van der Waals surface area contributed by atoms with E-state index in [1.165, 1.54) is 0 Å². The van der Waals surface area contributed by atoms with E-state index in [9.17, 15) is 9.90 Å². The van der Waals surface area contributed by atoms with Gasteiger partial charge in [-0.3, -0.25) is 0 Å². The zero-order valence-corrected chi connectivity index (χ0v) is 19.2. The second-order valence-corrected chi connectivity index (χ2v) is 9.39. The quantitative estimate of drug-likeness (QED) is 0.394. The molecule has 0 aromatic carbocycles. The first kappa shape index (κ1) is 26.1. The molecule has 1 aliphatic heterocycles. The summed E-state index contributed by atoms with van der Waals surface area (Å²) in [6.45, 7) is 15.6. The molecule has 8 heteroatoms. The van der Waals surface area contributed by atoms with Crippen LogP contribution in [0, 0.1) is 0 Å². The SMILES string of the molecule is CC(C)(C)OC(=O)N1CCC(NCCOCCOCCC(O)OC(C)(C)C)CC1. The van der Waals surface area contributed by atoms with E-state index >= 15 is 0 Å². The van der Waals surface area contributed by atoms with Crippen molar-refractivity contribution in [2.45, 2.75) is 84.3 Å². The van der Waals surface area contributed by atoms with Gasteiger partial charge in [-0.2, -0.15) is 0 Å². The van der Waals surface area contributed by atoms with Crippen molar-refractivity contribution in [2.75, 3.05) is 46.1 Å². The lowest BCUT2D eigenvalue weighted by molar-refractivity contribution is -0.173. The van der Waals surface area contributed by atoms with Crippen molar-refractivity contribution in [3.63, 3.8) is 0 Å². The number of nitrogens with one attached hydrogen (secondary N) is 1. The molecule has 2 N–H and O–H groups in total. The monoisotopic (exact) mass is 418 g/mol. The number of likely N-dealkylation sites (tertiary alicyclic amines) is 1. The molecule has 0 saturated carbocycles. The van der Waals surface area contributed by atoms with E-state index in [2.05, 4.69) is 5.32 Å². The van der Waals surface area contributed by atoms with Crippen molar-refractivity contribution in [3.8, 4) is 0 Å². The molecule has 0 aliphatic carbocycles. The number of aliphatic hydroxyl groups excluding tert-OH is 1. The van der Waals surface area contributed by atoms with E-state index in [0.29, 0.717) is 52.0 Å². The van der Waals surface area contributed by atoms with Crippen LogP contribution in [-0.4, -0.2) is 85.7 Å². The summed E-state index contributed by atoms with van der Waals surface area (Å²) < 4.78 is 21.8. The van der Waals surface area contributed by atoms with Crippen LogP contribution >= 0.6 is 0 Å². The number of amides is 1. The average molecular weight is 419 g/mol. The largest absolute Gasteiger partial charge is 0.444 e. The van der Waals surface area contributed by atoms with E-state index in [0.717, 1.165) is 19.4 Å². The summed E-state index contributed by atoms with van der Waals surface area (Å²) in [5.74, 6) is 0. The third-order valence-electron chi connectivity index (χ3n) is 4.20. The fourth-order valence-corrected chi connectivity index (χ4v) is 2.90. The van der Waals surface area contributed by atoms with Crippen molar-refractivity contribution in [3.05, 3.63) is 0 Å². The van der Waals surface area contributed by atoms with Gasteiger partial charge in [-0.15, -0.1) is 0 Å². The predicted octanol–water partition coefficient (Wildman–Crippen LogP) is 2.53. The summed E-state index contributed by atoms with van der Waals surface area (Å²) in [5, 5.41) is 13.2. The first-order valence-electron chi connectivity index (χ1n) is 10.7. The number of nitrogens with zero attached hydrogens (tertiary/aromatic N) is 1. The van der Waals surface area contributed by atoms with E-state index in [1.54, 1.807) is 4.90 Å². The Labute approximate surface area is 176 Å². The number of rotatable bonds is 11. The molecule has 1 atom stereocenters. The smallest absolute Gasteiger partial charge is 0.410 e. The summed E-state index contributed by atoms with van der Waals surface area (Å²) in [6, 6.07) is 0.401. The number of hydrogen-bond acceptors (Lipinski definition) is 7. The Morgan fingerprint density at radius 1 is 1.00 bits per heavy atom. The van der Waals surface area contributed by atoms with Crippen molar-refractivity contribution in [1.29, 1.82) is 0 Å². The molecule has 0 bridgehead atoms. The van der Waals surface area contributed by atoms with Crippen LogP contribution in [0.25, 0.3) is 0 Å². The molecular formula is C21H42N2O6. The van der Waals surface area contributed by atoms with Gasteiger partial charge in [0.15, 0.2) is 6.29 Å². The molecule has 1 rings (SSSR count). The van der Waals surface area contributed by atoms with Gasteiger partial charge in [-0.1, -0.05) is 0 Å². The topological polar surface area (TPSA) is 89.5 Å². The van der Waals surface area contributed by atoms with Gasteiger partial charge in [0.1, 0.15) is 5.60 Å². The second kappa shape index (κ2) is 12.7. The summed E-state index contributed by atoms with van der Waals surface area (Å²) in [4.78, 5) is 13.8. The summed E-state index contributed by atoms with van der Waals surface area (Å²) in [6.07, 6.45) is 1.25. The maximum absolute atomic E-state index is 12.1. The Kier molecular flexibility index (Phi) is 11.4. The maximum Gasteiger partial charge on any atom is 0.410 e. The van der Waals surface area contributed by atoms with Gasteiger partial charge in [0, 0.05) is 32.1 Å². The van der Waals surface area contributed by atoms with Crippen LogP contribution in [0.2, 0.25) is 0 Å². The van der Waals surface area contributed by atoms with Gasteiger partial charge in [0.2, 0.25) is 0 Å². The highest BCUT2D eigenvalue weighted by atomic mass is 16.6. The molecule has 1 heterocycles. The highest BCUT2D eigenvalue weighted by molar-refractivity contribution is 5.68. The Bertz CT molecular complexity index is 453. The molecule has 8 nitrogen and oxygen atoms in total. The molecule has 29 heavy (non-hydrogen) atoms. The van der Waals surface area contributed by atoms with E-state index in [1.807, 2.05) is 41.5 Å². The summed E-state index contributed by atoms with van der Waals surface area (Å²) >= 11 is 0. The first-order chi connectivity index (χ1) is 13.5. The molecule has 0 radical (unpaired) electrons. The molecule has 1 unspecified atom stereocenters. The van der Waals surface area contributed by atoms with Crippen LogP contribution in [0.5, 0.6) is 0 Å². The minimum absolute atomic E-state index is 0.225. The van der Waals surface area contributed by atoms with E-state index in [4.69, 9.17) is 18.9 Å². The fraction of sp³-hybridized carbons (Fsp3) is 0.952. The Balaban J connectivity index is 1.96. The van der Waals surface area contributed by atoms with Crippen LogP contribution in [0.1, 0.15) is 60.8 Å². The summed E-state index contributed by atoms with van der Waals surface area (Å²) in [7, 11) is 0. The maximum atomic E-state index is 12.1. The van der Waals surface area contributed by atoms with Gasteiger partial charge in [0.25, 0.3) is 0 Å². The van der Waals surface area contributed by atoms with Crippen molar-refractivity contribution < 1.29 is 28.8 Å². The molecule has 0 spiro atoms. The van der Waals surface area contributed by atoms with Gasteiger partial charge in [0.05, 0.1) is 32.0 Å². The second-order valence-electron chi connectivity index (χ2n) is 9.39. The van der Waals surface area contributed by atoms with Crippen LogP contribution in [0.4, 0.5) is 4.79 Å². The highest BCUT2D eigenvalue weighted by Crippen LogP contribution is 2.15. The molecule has 1 saturated heterocycles. The zero-order chi connectivity index (χ0) is 21.9. The predicted molar refractivity (Wildman–Crippen MR) is 112 cm³/mol. The molecule has 0 aromatic heterocycles. The molecule has 1 amide bonds. The third-order valence-corrected chi connectivity index (χ3v) is 4.20. The Hall–Kier alpha value is -0.930. The normalized spacial score (nSPS) is 17.4. The third kappa shape index (κ3) is 13.8. The van der Waals surface area contributed by atoms with Crippen LogP contribution in [-0.2, 0) is 18.9 Å². The molecule has 0 aromatic rings. The average Bonchev–Trinajstić information content (AvgIpc) is 2.57. The lowest BCUT2D eigenvalue weighted by Crippen LogP contribution is -2.47. The Morgan fingerprint density at radius 3 is 2.14 bits per heavy atom. The molecule has 1 fully saturated rings. The van der Waals surface area contributed by atoms with Crippen molar-refractivity contribution in [1.82, 2.24) is 10.2 Å². The zero-order valence-electron chi connectivity index (χ0n) is 19.2. The van der Waals surface area contributed by atoms with Gasteiger partial charge in [-0.05, 0) is 54.4 Å². The number of piperidine rings is 1. The number of aliphatic hydroxyl groups is 1. The van der Waals surface area contributed by atoms with E-state index < -0.39 is 11.9 Å².